The maximum atomic E-state index is 13.0. The van der Waals surface area contributed by atoms with Crippen molar-refractivity contribution in [2.45, 2.75) is 362 Å². The molecule has 0 bridgehead atoms. The van der Waals surface area contributed by atoms with Crippen molar-refractivity contribution in [1.29, 1.82) is 0 Å². The predicted molar refractivity (Wildman–Crippen MR) is 372 cm³/mol. The number of aliphatic hydroxyl groups excluding tert-OH is 1. The third-order valence-corrected chi connectivity index (χ3v) is 18.5. The molecule has 0 aliphatic carbocycles. The van der Waals surface area contributed by atoms with Gasteiger partial charge in [0.1, 0.15) is 19.3 Å². The van der Waals surface area contributed by atoms with Crippen molar-refractivity contribution in [2.24, 2.45) is 17.8 Å². The number of carbonyl (C=O) groups is 4. The Balaban J connectivity index is 5.27. The zero-order valence-corrected chi connectivity index (χ0v) is 61.3. The van der Waals surface area contributed by atoms with E-state index in [2.05, 4.69) is 72.8 Å². The largest absolute Gasteiger partial charge is 0.472 e. The van der Waals surface area contributed by atoms with Crippen LogP contribution in [-0.4, -0.2) is 96.7 Å². The van der Waals surface area contributed by atoms with Gasteiger partial charge in [-0.2, -0.15) is 0 Å². The zero-order valence-electron chi connectivity index (χ0n) is 59.5. The first-order valence-electron chi connectivity index (χ1n) is 37.2. The van der Waals surface area contributed by atoms with Gasteiger partial charge in [-0.1, -0.05) is 291 Å². The summed E-state index contributed by atoms with van der Waals surface area (Å²) in [4.78, 5) is 72.6. The maximum Gasteiger partial charge on any atom is 0.472 e. The Bertz CT molecular complexity index is 1900. The lowest BCUT2D eigenvalue weighted by atomic mass is 10.00. The molecule has 92 heavy (non-hydrogen) atoms. The molecule has 0 aromatic heterocycles. The highest BCUT2D eigenvalue weighted by atomic mass is 31.2. The molecule has 0 spiro atoms. The zero-order chi connectivity index (χ0) is 68.0. The molecule has 0 amide bonds. The van der Waals surface area contributed by atoms with E-state index in [-0.39, 0.29) is 25.7 Å². The molecular formula is C73H138O17P2. The number of carbonyl (C=O) groups excluding carboxylic acids is 4. The Morgan fingerprint density at radius 3 is 0.967 bits per heavy atom. The Labute approximate surface area is 561 Å². The van der Waals surface area contributed by atoms with Crippen LogP contribution in [0.2, 0.25) is 0 Å². The Hall–Kier alpha value is -2.46. The molecule has 0 aromatic rings. The molecule has 0 saturated carbocycles. The monoisotopic (exact) mass is 1350 g/mol. The first-order chi connectivity index (χ1) is 44.3. The van der Waals surface area contributed by atoms with Crippen LogP contribution in [0.3, 0.4) is 0 Å². The van der Waals surface area contributed by atoms with Crippen molar-refractivity contribution in [3.63, 3.8) is 0 Å². The maximum absolute atomic E-state index is 13.0. The average Bonchev–Trinajstić information content (AvgIpc) is 3.25. The number of ether oxygens (including phenoxy) is 4. The average molecular weight is 1350 g/mol. The van der Waals surface area contributed by atoms with Gasteiger partial charge >= 0.3 is 39.5 Å². The lowest BCUT2D eigenvalue weighted by Crippen LogP contribution is -2.30. The van der Waals surface area contributed by atoms with Gasteiger partial charge in [0.15, 0.2) is 12.2 Å². The van der Waals surface area contributed by atoms with Crippen LogP contribution in [0.15, 0.2) is 24.3 Å². The summed E-state index contributed by atoms with van der Waals surface area (Å²) in [6, 6.07) is 0. The first kappa shape index (κ1) is 89.5. The molecule has 0 aliphatic heterocycles. The van der Waals surface area contributed by atoms with Crippen molar-refractivity contribution in [1.82, 2.24) is 0 Å². The van der Waals surface area contributed by atoms with Gasteiger partial charge in [0.2, 0.25) is 0 Å². The van der Waals surface area contributed by atoms with Crippen molar-refractivity contribution in [2.75, 3.05) is 39.6 Å². The van der Waals surface area contributed by atoms with E-state index in [9.17, 15) is 43.2 Å². The quantitative estimate of drug-likeness (QED) is 0.0169. The van der Waals surface area contributed by atoms with Crippen molar-refractivity contribution in [3.05, 3.63) is 24.3 Å². The van der Waals surface area contributed by atoms with E-state index >= 15 is 0 Å². The molecule has 0 heterocycles. The summed E-state index contributed by atoms with van der Waals surface area (Å²) < 4.78 is 68.3. The van der Waals surface area contributed by atoms with Crippen LogP contribution >= 0.6 is 15.6 Å². The molecular weight excluding hydrogens is 1210 g/mol. The van der Waals surface area contributed by atoms with E-state index in [1.807, 2.05) is 0 Å². The molecule has 0 radical (unpaired) electrons. The number of phosphoric ester groups is 2. The molecule has 0 saturated heterocycles. The summed E-state index contributed by atoms with van der Waals surface area (Å²) in [5.41, 5.74) is 0. The molecule has 0 aromatic carbocycles. The van der Waals surface area contributed by atoms with Gasteiger partial charge in [0.05, 0.1) is 26.4 Å². The van der Waals surface area contributed by atoms with Crippen LogP contribution in [-0.2, 0) is 65.4 Å². The third-order valence-electron chi connectivity index (χ3n) is 16.6. The highest BCUT2D eigenvalue weighted by Crippen LogP contribution is 2.45. The van der Waals surface area contributed by atoms with E-state index in [1.165, 1.54) is 128 Å². The minimum Gasteiger partial charge on any atom is -0.462 e. The summed E-state index contributed by atoms with van der Waals surface area (Å²) in [6.07, 6.45) is 50.9. The second kappa shape index (κ2) is 63.3. The normalized spacial score (nSPS) is 14.6. The standard InChI is InChI=1S/C73H138O17P2/c1-8-10-11-12-13-14-15-16-17-21-24-27-32-42-49-56-72(77)89-68(60-83-70(75)54-47-40-34-29-31-38-45-52-65(5)6)62-87-91(79,80)85-58-67(74)59-86-92(81,82)88-63-69(61-84-71(76)55-48-41-36-35-39-46-53-66(7)9-2)90-73(78)57-50-43-33-28-25-22-19-18-20-23-26-30-37-44-51-64(3)4/h14-17,64-69,74H,8-13,18-63H2,1-7H3,(H,79,80)(H,81,82)/b15-14-,17-16-/t66?,67-,68-,69-/m1/s1. The minimum absolute atomic E-state index is 0.0838. The summed E-state index contributed by atoms with van der Waals surface area (Å²) in [5, 5.41) is 10.6. The Morgan fingerprint density at radius 2 is 0.641 bits per heavy atom. The molecule has 3 N–H and O–H groups in total. The van der Waals surface area contributed by atoms with Gasteiger partial charge in [-0.05, 0) is 69.1 Å². The highest BCUT2D eigenvalue weighted by Gasteiger charge is 2.30. The van der Waals surface area contributed by atoms with Gasteiger partial charge < -0.3 is 33.8 Å². The fraction of sp³-hybridized carbons (Fsp3) is 0.890. The van der Waals surface area contributed by atoms with Crippen LogP contribution in [0.1, 0.15) is 344 Å². The van der Waals surface area contributed by atoms with Crippen molar-refractivity contribution < 1.29 is 80.2 Å². The summed E-state index contributed by atoms with van der Waals surface area (Å²) in [5.74, 6) is 0.0694. The smallest absolute Gasteiger partial charge is 0.462 e. The predicted octanol–water partition coefficient (Wildman–Crippen LogP) is 20.6. The first-order valence-corrected chi connectivity index (χ1v) is 40.2. The second-order valence-electron chi connectivity index (χ2n) is 26.8. The number of allylic oxidation sites excluding steroid dienone is 4. The van der Waals surface area contributed by atoms with Crippen molar-refractivity contribution >= 4 is 39.5 Å². The second-order valence-corrected chi connectivity index (χ2v) is 29.7. The number of rotatable bonds is 69. The van der Waals surface area contributed by atoms with E-state index in [4.69, 9.17) is 37.0 Å². The molecule has 0 fully saturated rings. The molecule has 17 nitrogen and oxygen atoms in total. The van der Waals surface area contributed by atoms with Crippen LogP contribution in [0, 0.1) is 17.8 Å². The third kappa shape index (κ3) is 64.9. The fourth-order valence-electron chi connectivity index (χ4n) is 10.5. The Morgan fingerprint density at radius 1 is 0.359 bits per heavy atom. The number of hydrogen-bond donors (Lipinski definition) is 3. The lowest BCUT2D eigenvalue weighted by molar-refractivity contribution is -0.161. The summed E-state index contributed by atoms with van der Waals surface area (Å²) >= 11 is 0. The number of hydrogen-bond acceptors (Lipinski definition) is 15. The van der Waals surface area contributed by atoms with Crippen LogP contribution < -0.4 is 0 Å². The number of unbranched alkanes of at least 4 members (excludes halogenated alkanes) is 33. The van der Waals surface area contributed by atoms with E-state index in [0.717, 1.165) is 127 Å². The minimum atomic E-state index is -4.96. The molecule has 542 valence electrons. The number of aliphatic hydroxyl groups is 1. The molecule has 0 aliphatic rings. The van der Waals surface area contributed by atoms with Gasteiger partial charge in [0.25, 0.3) is 0 Å². The summed E-state index contributed by atoms with van der Waals surface area (Å²) in [7, 11) is -9.92. The fourth-order valence-corrected chi connectivity index (χ4v) is 12.1. The van der Waals surface area contributed by atoms with Crippen LogP contribution in [0.25, 0.3) is 0 Å². The Kier molecular flexibility index (Phi) is 61.6. The van der Waals surface area contributed by atoms with E-state index in [1.54, 1.807) is 0 Å². The SMILES string of the molecule is CCCCCC/C=C\C=C/CCCCCCCC(=O)O[C@H](COC(=O)CCCCCCCCCC(C)C)COP(=O)(O)OC[C@@H](O)COP(=O)(O)OC[C@@H](COC(=O)CCCCCCCCC(C)CC)OC(=O)CCCCCCCCCCCCCCCCC(C)C. The van der Waals surface area contributed by atoms with Gasteiger partial charge in [-0.25, -0.2) is 9.13 Å². The van der Waals surface area contributed by atoms with Crippen LogP contribution in [0.4, 0.5) is 0 Å². The van der Waals surface area contributed by atoms with E-state index in [0.29, 0.717) is 31.6 Å². The molecule has 6 atom stereocenters. The topological polar surface area (TPSA) is 237 Å². The number of esters is 4. The summed E-state index contributed by atoms with van der Waals surface area (Å²) in [6.45, 7) is 11.7. The van der Waals surface area contributed by atoms with Gasteiger partial charge in [-0.3, -0.25) is 37.3 Å². The van der Waals surface area contributed by atoms with Crippen LogP contribution in [0.5, 0.6) is 0 Å². The highest BCUT2D eigenvalue weighted by molar-refractivity contribution is 7.47. The van der Waals surface area contributed by atoms with Gasteiger partial charge in [0, 0.05) is 25.7 Å². The molecule has 19 heteroatoms. The van der Waals surface area contributed by atoms with Gasteiger partial charge in [-0.15, -0.1) is 0 Å². The van der Waals surface area contributed by atoms with Crippen molar-refractivity contribution in [3.8, 4) is 0 Å². The number of phosphoric acid groups is 2. The van der Waals surface area contributed by atoms with E-state index < -0.39 is 97.5 Å². The lowest BCUT2D eigenvalue weighted by Gasteiger charge is -2.21. The molecule has 3 unspecified atom stereocenters. The molecule has 0 rings (SSSR count).